The summed E-state index contributed by atoms with van der Waals surface area (Å²) in [6, 6.07) is 4.33. The van der Waals surface area contributed by atoms with E-state index in [0.717, 1.165) is 53.1 Å². The maximum absolute atomic E-state index is 9.98. The first kappa shape index (κ1) is 21.3. The second-order valence-corrected chi connectivity index (χ2v) is 9.71. The summed E-state index contributed by atoms with van der Waals surface area (Å²) < 4.78 is 3.40. The molecule has 1 atom stereocenters. The van der Waals surface area contributed by atoms with E-state index in [4.69, 9.17) is 9.97 Å². The highest BCUT2D eigenvalue weighted by Crippen LogP contribution is 2.37. The van der Waals surface area contributed by atoms with E-state index in [-0.39, 0.29) is 6.10 Å². The smallest absolute Gasteiger partial charge is 0.150 e. The Hall–Kier alpha value is -1.92. The van der Waals surface area contributed by atoms with Gasteiger partial charge >= 0.3 is 0 Å². The lowest BCUT2D eigenvalue weighted by Gasteiger charge is -2.34. The molecule has 3 aromatic rings. The van der Waals surface area contributed by atoms with E-state index in [9.17, 15) is 5.11 Å². The van der Waals surface area contributed by atoms with Crippen molar-refractivity contribution in [1.29, 1.82) is 0 Å². The normalized spacial score (nSPS) is 16.5. The molecule has 1 aliphatic rings. The lowest BCUT2D eigenvalue weighted by Crippen LogP contribution is -2.37. The zero-order chi connectivity index (χ0) is 21.7. The van der Waals surface area contributed by atoms with Gasteiger partial charge in [-0.15, -0.1) is 0 Å². The molecule has 1 saturated heterocycles. The molecule has 3 heterocycles. The van der Waals surface area contributed by atoms with Crippen LogP contribution in [0, 0.1) is 40.5 Å². The lowest BCUT2D eigenvalue weighted by molar-refractivity contribution is 0.110. The standard InChI is InChI=1S/C24H31BrN4O/c1-13-11-20(25)12-14(2)22(13)29-16(4)15(3)21-23(26-18(6)27-24(21)29)28-9-7-19(8-10-28)17(5)30/h11-12,17,19,30H,7-10H2,1-6H3. The average Bonchev–Trinajstić information content (AvgIpc) is 2.92. The number of aryl methyl sites for hydroxylation is 4. The number of piperidine rings is 1. The summed E-state index contributed by atoms with van der Waals surface area (Å²) in [5, 5.41) is 11.1. The summed E-state index contributed by atoms with van der Waals surface area (Å²) in [4.78, 5) is 12.2. The highest BCUT2D eigenvalue weighted by molar-refractivity contribution is 9.10. The quantitative estimate of drug-likeness (QED) is 0.562. The summed E-state index contributed by atoms with van der Waals surface area (Å²) in [5.74, 6) is 2.20. The minimum atomic E-state index is -0.243. The van der Waals surface area contributed by atoms with E-state index in [1.807, 2.05) is 13.8 Å². The summed E-state index contributed by atoms with van der Waals surface area (Å²) in [6.45, 7) is 14.4. The van der Waals surface area contributed by atoms with Crippen molar-refractivity contribution in [3.05, 3.63) is 44.8 Å². The zero-order valence-electron chi connectivity index (χ0n) is 18.8. The van der Waals surface area contributed by atoms with Crippen LogP contribution < -0.4 is 4.90 Å². The van der Waals surface area contributed by atoms with E-state index in [2.05, 4.69) is 65.2 Å². The summed E-state index contributed by atoms with van der Waals surface area (Å²) >= 11 is 3.62. The van der Waals surface area contributed by atoms with Gasteiger partial charge in [-0.25, -0.2) is 9.97 Å². The van der Waals surface area contributed by atoms with Crippen LogP contribution in [0.25, 0.3) is 16.7 Å². The van der Waals surface area contributed by atoms with Crippen molar-refractivity contribution < 1.29 is 5.11 Å². The molecule has 160 valence electrons. The number of aliphatic hydroxyl groups excluding tert-OH is 1. The predicted octanol–water partition coefficient (Wildman–Crippen LogP) is 5.32. The number of aliphatic hydroxyl groups is 1. The molecule has 6 heteroatoms. The Bertz CT molecular complexity index is 1090. The van der Waals surface area contributed by atoms with Crippen LogP contribution >= 0.6 is 15.9 Å². The highest BCUT2D eigenvalue weighted by Gasteiger charge is 2.27. The molecule has 0 bridgehead atoms. The number of anilines is 1. The van der Waals surface area contributed by atoms with Gasteiger partial charge in [0.15, 0.2) is 5.65 Å². The van der Waals surface area contributed by atoms with Gasteiger partial charge < -0.3 is 10.0 Å². The number of halogens is 1. The molecule has 2 aromatic heterocycles. The number of aromatic nitrogens is 3. The average molecular weight is 471 g/mol. The van der Waals surface area contributed by atoms with Gasteiger partial charge in [0.1, 0.15) is 11.6 Å². The van der Waals surface area contributed by atoms with Gasteiger partial charge in [0.25, 0.3) is 0 Å². The predicted molar refractivity (Wildman–Crippen MR) is 127 cm³/mol. The molecule has 0 amide bonds. The Labute approximate surface area is 187 Å². The maximum Gasteiger partial charge on any atom is 0.150 e. The third kappa shape index (κ3) is 3.54. The van der Waals surface area contributed by atoms with Crippen molar-refractivity contribution in [2.45, 2.75) is 60.5 Å². The second-order valence-electron chi connectivity index (χ2n) is 8.79. The van der Waals surface area contributed by atoms with E-state index >= 15 is 0 Å². The van der Waals surface area contributed by atoms with E-state index in [1.54, 1.807) is 0 Å². The molecule has 1 fully saturated rings. The molecule has 0 spiro atoms. The van der Waals surface area contributed by atoms with Crippen LogP contribution in [0.15, 0.2) is 16.6 Å². The van der Waals surface area contributed by atoms with E-state index in [1.165, 1.54) is 28.1 Å². The molecule has 0 radical (unpaired) electrons. The van der Waals surface area contributed by atoms with Crippen LogP contribution in [-0.4, -0.2) is 38.8 Å². The molecule has 1 unspecified atom stereocenters. The number of hydrogen-bond acceptors (Lipinski definition) is 4. The van der Waals surface area contributed by atoms with Crippen molar-refractivity contribution in [1.82, 2.24) is 14.5 Å². The van der Waals surface area contributed by atoms with Crippen molar-refractivity contribution >= 4 is 32.8 Å². The minimum absolute atomic E-state index is 0.243. The molecule has 0 saturated carbocycles. The Kier molecular flexibility index (Phi) is 5.66. The van der Waals surface area contributed by atoms with Crippen LogP contribution in [0.4, 0.5) is 5.82 Å². The van der Waals surface area contributed by atoms with Gasteiger partial charge in [0, 0.05) is 23.3 Å². The van der Waals surface area contributed by atoms with Gasteiger partial charge in [-0.1, -0.05) is 15.9 Å². The summed E-state index contributed by atoms with van der Waals surface area (Å²) in [5.41, 5.74) is 7.07. The largest absolute Gasteiger partial charge is 0.393 e. The molecular formula is C24H31BrN4O. The number of rotatable bonds is 3. The SMILES string of the molecule is Cc1nc(N2CCC(C(C)O)CC2)c2c(C)c(C)n(-c3c(C)cc(Br)cc3C)c2n1. The highest BCUT2D eigenvalue weighted by atomic mass is 79.9. The fraction of sp³-hybridized carbons (Fsp3) is 0.500. The van der Waals surface area contributed by atoms with E-state index in [0.29, 0.717) is 5.92 Å². The molecule has 1 N–H and O–H groups in total. The van der Waals surface area contributed by atoms with Crippen LogP contribution in [-0.2, 0) is 0 Å². The topological polar surface area (TPSA) is 54.2 Å². The fourth-order valence-corrected chi connectivity index (χ4v) is 5.59. The molecule has 0 aliphatic carbocycles. The Morgan fingerprint density at radius 2 is 1.63 bits per heavy atom. The van der Waals surface area contributed by atoms with Gasteiger partial charge in [-0.2, -0.15) is 0 Å². The molecule has 1 aliphatic heterocycles. The molecule has 30 heavy (non-hydrogen) atoms. The van der Waals surface area contributed by atoms with Crippen LogP contribution in [0.1, 0.15) is 48.0 Å². The number of hydrogen-bond donors (Lipinski definition) is 1. The third-order valence-electron chi connectivity index (χ3n) is 6.65. The van der Waals surface area contributed by atoms with Crippen molar-refractivity contribution in [2.24, 2.45) is 5.92 Å². The lowest BCUT2D eigenvalue weighted by atomic mass is 9.92. The molecular weight excluding hydrogens is 440 g/mol. The first-order valence-electron chi connectivity index (χ1n) is 10.8. The number of fused-ring (bicyclic) bond motifs is 1. The first-order valence-corrected chi connectivity index (χ1v) is 11.5. The van der Waals surface area contributed by atoms with Crippen molar-refractivity contribution in [2.75, 3.05) is 18.0 Å². The van der Waals surface area contributed by atoms with Gasteiger partial charge in [0.05, 0.1) is 17.2 Å². The van der Waals surface area contributed by atoms with Crippen LogP contribution in [0.2, 0.25) is 0 Å². The van der Waals surface area contributed by atoms with Crippen molar-refractivity contribution in [3.63, 3.8) is 0 Å². The zero-order valence-corrected chi connectivity index (χ0v) is 20.3. The van der Waals surface area contributed by atoms with Crippen LogP contribution in [0.5, 0.6) is 0 Å². The Morgan fingerprint density at radius 3 is 2.20 bits per heavy atom. The van der Waals surface area contributed by atoms with Crippen LogP contribution in [0.3, 0.4) is 0 Å². The van der Waals surface area contributed by atoms with Gasteiger partial charge in [0.2, 0.25) is 0 Å². The Morgan fingerprint density at radius 1 is 1.03 bits per heavy atom. The molecule has 4 rings (SSSR count). The minimum Gasteiger partial charge on any atom is -0.393 e. The van der Waals surface area contributed by atoms with E-state index < -0.39 is 0 Å². The van der Waals surface area contributed by atoms with Gasteiger partial charge in [-0.3, -0.25) is 4.57 Å². The monoisotopic (exact) mass is 470 g/mol. The maximum atomic E-state index is 9.98. The number of benzene rings is 1. The Balaban J connectivity index is 1.90. The summed E-state index contributed by atoms with van der Waals surface area (Å²) in [7, 11) is 0. The fourth-order valence-electron chi connectivity index (χ4n) is 4.90. The first-order chi connectivity index (χ1) is 14.2. The van der Waals surface area contributed by atoms with Crippen molar-refractivity contribution in [3.8, 4) is 5.69 Å². The summed E-state index contributed by atoms with van der Waals surface area (Å²) in [6.07, 6.45) is 1.74. The molecule has 1 aromatic carbocycles. The molecule has 5 nitrogen and oxygen atoms in total. The second kappa shape index (κ2) is 7.97. The third-order valence-corrected chi connectivity index (χ3v) is 7.11. The number of nitrogens with zero attached hydrogens (tertiary/aromatic N) is 4. The van der Waals surface area contributed by atoms with Gasteiger partial charge in [-0.05, 0) is 89.1 Å².